The van der Waals surface area contributed by atoms with Gasteiger partial charge in [-0.2, -0.15) is 4.98 Å². The van der Waals surface area contributed by atoms with Crippen molar-refractivity contribution in [3.05, 3.63) is 22.7 Å². The van der Waals surface area contributed by atoms with E-state index in [1.807, 2.05) is 0 Å². The molecule has 1 aromatic rings. The number of anilines is 1. The molecule has 0 aliphatic carbocycles. The SMILES string of the molecule is N[C@H]1[C@H]([C@H](O)[C@H](O)CO)O[C@](O)(C(=O)O)C[C@@H]1O.Nc1ccn([C@H]2O[C@H](COP(=O)(O)O)[C@@H](O)[C@H]2O)c(=O)n1. The summed E-state index contributed by atoms with van der Waals surface area (Å²) in [6, 6.07) is 0.0874. The number of phosphoric ester groups is 1. The lowest BCUT2D eigenvalue weighted by Crippen LogP contribution is -2.65. The van der Waals surface area contributed by atoms with E-state index in [9.17, 15) is 44.8 Å². The standard InChI is InChI=1S/C9H14N3O8P.C9H17NO8/c10-5-1-2-12(9(15)11-5)8-7(14)6(13)4(20-8)3-19-21(16,17)18;10-5-3(12)1-9(17,8(15)16)18-7(5)6(14)4(13)2-11/h1-2,4,6-8,13-14H,3H2,(H2,10,11,15)(H2,16,17,18);3-7,11-14,17H,1-2,10H2,(H,15,16)/t4-,6-,7-,8+;3-,4+,5+,6+,7+,9-/m10/s1. The van der Waals surface area contributed by atoms with Gasteiger partial charge in [-0.15, -0.1) is 0 Å². The molecule has 0 aromatic carbocycles. The van der Waals surface area contributed by atoms with E-state index in [1.165, 1.54) is 12.3 Å². The van der Waals surface area contributed by atoms with Gasteiger partial charge in [0.05, 0.1) is 25.4 Å². The number of aliphatic carboxylic acids is 1. The molecule has 2 saturated heterocycles. The van der Waals surface area contributed by atoms with Crippen LogP contribution in [0.15, 0.2) is 17.1 Å². The number of ether oxygens (including phenoxy) is 2. The fraction of sp³-hybridized carbons (Fsp3) is 0.722. The van der Waals surface area contributed by atoms with Gasteiger partial charge in [0, 0.05) is 12.6 Å². The number of phosphoric acid groups is 1. The lowest BCUT2D eigenvalue weighted by molar-refractivity contribution is -0.292. The highest BCUT2D eigenvalue weighted by molar-refractivity contribution is 7.46. The number of aliphatic hydroxyl groups excluding tert-OH is 6. The summed E-state index contributed by atoms with van der Waals surface area (Å²) in [7, 11) is -4.74. The Morgan fingerprint density at radius 3 is 2.41 bits per heavy atom. The van der Waals surface area contributed by atoms with Gasteiger partial charge in [-0.3, -0.25) is 9.09 Å². The molecule has 0 unspecified atom stereocenters. The van der Waals surface area contributed by atoms with Gasteiger partial charge in [-0.1, -0.05) is 0 Å². The van der Waals surface area contributed by atoms with Crippen LogP contribution >= 0.6 is 7.82 Å². The van der Waals surface area contributed by atoms with Crippen LogP contribution in [-0.2, 0) is 23.4 Å². The van der Waals surface area contributed by atoms with Crippen molar-refractivity contribution < 1.29 is 74.0 Å². The molecule has 14 N–H and O–H groups in total. The Morgan fingerprint density at radius 1 is 1.28 bits per heavy atom. The average molecular weight is 590 g/mol. The van der Waals surface area contributed by atoms with E-state index in [0.29, 0.717) is 0 Å². The third kappa shape index (κ3) is 8.19. The van der Waals surface area contributed by atoms with Crippen molar-refractivity contribution in [2.24, 2.45) is 5.73 Å². The number of nitrogens with zero attached hydrogens (tertiary/aromatic N) is 2. The molecule has 2 fully saturated rings. The summed E-state index contributed by atoms with van der Waals surface area (Å²) < 4.78 is 25.7. The van der Waals surface area contributed by atoms with Crippen LogP contribution < -0.4 is 17.2 Å². The average Bonchev–Trinajstić information content (AvgIpc) is 3.12. The van der Waals surface area contributed by atoms with E-state index in [0.717, 1.165) is 4.57 Å². The minimum absolute atomic E-state index is 0.0225. The molecule has 0 amide bonds. The van der Waals surface area contributed by atoms with E-state index < -0.39 is 99.9 Å². The Labute approximate surface area is 218 Å². The number of nitrogen functional groups attached to an aromatic ring is 1. The van der Waals surface area contributed by atoms with Crippen LogP contribution in [0.2, 0.25) is 0 Å². The zero-order valence-electron chi connectivity index (χ0n) is 19.9. The van der Waals surface area contributed by atoms with Gasteiger partial charge in [-0.05, 0) is 6.07 Å². The van der Waals surface area contributed by atoms with Gasteiger partial charge in [0.15, 0.2) is 6.23 Å². The molecule has 2 aliphatic heterocycles. The molecule has 2 aliphatic rings. The van der Waals surface area contributed by atoms with Gasteiger partial charge in [0.1, 0.15) is 42.4 Å². The van der Waals surface area contributed by atoms with Crippen LogP contribution in [0.4, 0.5) is 5.82 Å². The summed E-state index contributed by atoms with van der Waals surface area (Å²) in [6.07, 6.45) is -11.3. The van der Waals surface area contributed by atoms with Crippen LogP contribution in [0.5, 0.6) is 0 Å². The van der Waals surface area contributed by atoms with E-state index in [4.69, 9.17) is 40.9 Å². The Bertz CT molecular complexity index is 1090. The van der Waals surface area contributed by atoms with Crippen LogP contribution in [-0.4, -0.2) is 134 Å². The first-order valence-corrected chi connectivity index (χ1v) is 12.6. The number of nitrogens with two attached hydrogens (primary N) is 2. The molecule has 3 heterocycles. The molecule has 10 atom stereocenters. The molecule has 20 nitrogen and oxygen atoms in total. The Kier molecular flexibility index (Phi) is 11.0. The van der Waals surface area contributed by atoms with Gasteiger partial charge in [0.25, 0.3) is 5.79 Å². The number of carboxylic acids is 1. The predicted molar refractivity (Wildman–Crippen MR) is 122 cm³/mol. The summed E-state index contributed by atoms with van der Waals surface area (Å²) in [4.78, 5) is 43.1. The Hall–Kier alpha value is -2.14. The normalized spacial score (nSPS) is 34.6. The summed E-state index contributed by atoms with van der Waals surface area (Å²) in [5.74, 6) is -4.47. The fourth-order valence-corrected chi connectivity index (χ4v) is 3.98. The predicted octanol–water partition coefficient (Wildman–Crippen LogP) is -6.50. The fourth-order valence-electron chi connectivity index (χ4n) is 3.64. The molecule has 0 radical (unpaired) electrons. The smallest absolute Gasteiger partial charge is 0.469 e. The number of hydrogen-bond donors (Lipinski definition) is 12. The lowest BCUT2D eigenvalue weighted by atomic mass is 9.89. The van der Waals surface area contributed by atoms with Crippen molar-refractivity contribution >= 4 is 19.6 Å². The van der Waals surface area contributed by atoms with E-state index in [2.05, 4.69) is 9.51 Å². The van der Waals surface area contributed by atoms with Gasteiger partial charge >= 0.3 is 19.5 Å². The van der Waals surface area contributed by atoms with Gasteiger partial charge in [0.2, 0.25) is 0 Å². The number of aromatic nitrogens is 2. The molecule has 1 aromatic heterocycles. The zero-order valence-corrected chi connectivity index (χ0v) is 20.8. The molecular formula is C18H31N4O16P. The molecule has 0 bridgehead atoms. The summed E-state index contributed by atoms with van der Waals surface area (Å²) in [5, 5.41) is 75.1. The summed E-state index contributed by atoms with van der Waals surface area (Å²) in [6.45, 7) is -1.47. The van der Waals surface area contributed by atoms with Crippen molar-refractivity contribution in [3.8, 4) is 0 Å². The second-order valence-electron chi connectivity index (χ2n) is 8.64. The zero-order chi connectivity index (χ0) is 29.9. The molecule has 0 spiro atoms. The first kappa shape index (κ1) is 33.1. The maximum atomic E-state index is 11.6. The van der Waals surface area contributed by atoms with E-state index in [-0.39, 0.29) is 5.82 Å². The molecule has 21 heteroatoms. The second-order valence-corrected chi connectivity index (χ2v) is 9.88. The van der Waals surface area contributed by atoms with Crippen molar-refractivity contribution in [2.45, 2.75) is 67.2 Å². The molecule has 0 saturated carbocycles. The maximum absolute atomic E-state index is 11.6. The Morgan fingerprint density at radius 2 is 1.90 bits per heavy atom. The minimum atomic E-state index is -4.74. The first-order valence-electron chi connectivity index (χ1n) is 11.0. The van der Waals surface area contributed by atoms with Crippen LogP contribution in [0, 0.1) is 0 Å². The number of carboxylic acid groups (broad SMARTS) is 1. The van der Waals surface area contributed by atoms with Gasteiger partial charge < -0.3 is 71.6 Å². The number of hydrogen-bond acceptors (Lipinski definition) is 16. The topological polar surface area (TPSA) is 351 Å². The highest BCUT2D eigenvalue weighted by atomic mass is 31.2. The number of rotatable bonds is 8. The minimum Gasteiger partial charge on any atom is -0.477 e. The second kappa shape index (κ2) is 13.0. The maximum Gasteiger partial charge on any atom is 0.469 e. The van der Waals surface area contributed by atoms with Crippen LogP contribution in [0.1, 0.15) is 12.6 Å². The Balaban J connectivity index is 0.000000277. The number of carbonyl (C=O) groups is 1. The third-order valence-electron chi connectivity index (χ3n) is 5.76. The van der Waals surface area contributed by atoms with E-state index >= 15 is 0 Å². The molecule has 224 valence electrons. The molecule has 3 rings (SSSR count). The van der Waals surface area contributed by atoms with Crippen molar-refractivity contribution in [3.63, 3.8) is 0 Å². The molecular weight excluding hydrogens is 559 g/mol. The quantitative estimate of drug-likeness (QED) is 0.125. The third-order valence-corrected chi connectivity index (χ3v) is 6.25. The van der Waals surface area contributed by atoms with Crippen LogP contribution in [0.25, 0.3) is 0 Å². The summed E-state index contributed by atoms with van der Waals surface area (Å²) >= 11 is 0. The summed E-state index contributed by atoms with van der Waals surface area (Å²) in [5.41, 5.74) is 10.0. The highest BCUT2D eigenvalue weighted by Crippen LogP contribution is 2.38. The van der Waals surface area contributed by atoms with Crippen LogP contribution in [0.3, 0.4) is 0 Å². The lowest BCUT2D eigenvalue weighted by Gasteiger charge is -2.43. The first-order chi connectivity index (χ1) is 17.9. The number of aliphatic hydroxyl groups is 7. The largest absolute Gasteiger partial charge is 0.477 e. The monoisotopic (exact) mass is 590 g/mol. The highest BCUT2D eigenvalue weighted by Gasteiger charge is 2.52. The van der Waals surface area contributed by atoms with Crippen molar-refractivity contribution in [1.29, 1.82) is 0 Å². The van der Waals surface area contributed by atoms with Crippen molar-refractivity contribution in [1.82, 2.24) is 9.55 Å². The van der Waals surface area contributed by atoms with E-state index in [1.54, 1.807) is 0 Å². The van der Waals surface area contributed by atoms with Gasteiger partial charge in [-0.25, -0.2) is 14.2 Å². The van der Waals surface area contributed by atoms with Crippen molar-refractivity contribution in [2.75, 3.05) is 18.9 Å². The molecule has 39 heavy (non-hydrogen) atoms.